The maximum atomic E-state index is 13.4. The molecule has 4 nitrogen and oxygen atoms in total. The van der Waals surface area contributed by atoms with Crippen LogP contribution >= 0.6 is 22.7 Å². The van der Waals surface area contributed by atoms with E-state index in [-0.39, 0.29) is 18.4 Å². The molecule has 0 fully saturated rings. The van der Waals surface area contributed by atoms with Crippen LogP contribution in [0.2, 0.25) is 0 Å². The molecular weight excluding hydrogens is 424 g/mol. The summed E-state index contributed by atoms with van der Waals surface area (Å²) in [7, 11) is 0. The third-order valence-corrected chi connectivity index (χ3v) is 6.94. The molecule has 3 aromatic rings. The quantitative estimate of drug-likeness (QED) is 0.383. The molecule has 0 saturated heterocycles. The van der Waals surface area contributed by atoms with Gasteiger partial charge in [-0.1, -0.05) is 49.7 Å². The number of amides is 2. The van der Waals surface area contributed by atoms with Crippen LogP contribution in [0.1, 0.15) is 40.0 Å². The molecule has 0 N–H and O–H groups in total. The Morgan fingerprint density at radius 2 is 1.68 bits per heavy atom. The van der Waals surface area contributed by atoms with Gasteiger partial charge in [0.2, 0.25) is 11.8 Å². The Bertz CT molecular complexity index is 951. The maximum Gasteiger partial charge on any atom is 0.242 e. The van der Waals surface area contributed by atoms with E-state index in [0.29, 0.717) is 26.1 Å². The lowest BCUT2D eigenvalue weighted by Crippen LogP contribution is -2.43. The van der Waals surface area contributed by atoms with Gasteiger partial charge in [0.15, 0.2) is 0 Å². The fraction of sp³-hybridized carbons (Fsp3) is 0.360. The van der Waals surface area contributed by atoms with Gasteiger partial charge in [0.05, 0.1) is 19.5 Å². The number of aryl methyl sites for hydroxylation is 1. The second-order valence-electron chi connectivity index (χ2n) is 7.67. The van der Waals surface area contributed by atoms with Crippen molar-refractivity contribution in [1.29, 1.82) is 0 Å². The number of thiophene rings is 2. The van der Waals surface area contributed by atoms with Gasteiger partial charge >= 0.3 is 0 Å². The summed E-state index contributed by atoms with van der Waals surface area (Å²) in [5.74, 6) is 0.0152. The molecular formula is C25H30N2O2S2. The first-order valence-electron chi connectivity index (χ1n) is 10.7. The molecule has 0 aliphatic carbocycles. The van der Waals surface area contributed by atoms with Crippen LogP contribution in [-0.2, 0) is 29.1 Å². The van der Waals surface area contributed by atoms with Crippen molar-refractivity contribution >= 4 is 34.5 Å². The van der Waals surface area contributed by atoms with Crippen LogP contribution in [-0.4, -0.2) is 34.7 Å². The van der Waals surface area contributed by atoms with Gasteiger partial charge in [0.25, 0.3) is 0 Å². The minimum Gasteiger partial charge on any atom is -0.333 e. The lowest BCUT2D eigenvalue weighted by atomic mass is 10.2. The van der Waals surface area contributed by atoms with E-state index in [1.807, 2.05) is 52.7 Å². The van der Waals surface area contributed by atoms with Gasteiger partial charge in [-0.3, -0.25) is 9.59 Å². The average Bonchev–Trinajstić information content (AvgIpc) is 3.42. The molecule has 3 rings (SSSR count). The van der Waals surface area contributed by atoms with E-state index in [9.17, 15) is 9.59 Å². The maximum absolute atomic E-state index is 13.4. The van der Waals surface area contributed by atoms with Crippen molar-refractivity contribution in [1.82, 2.24) is 9.80 Å². The number of unbranched alkanes of at least 4 members (excludes halogenated alkanes) is 1. The highest BCUT2D eigenvalue weighted by molar-refractivity contribution is 7.11. The molecule has 2 heterocycles. The summed E-state index contributed by atoms with van der Waals surface area (Å²) in [6.45, 7) is 6.02. The molecule has 0 unspecified atom stereocenters. The highest BCUT2D eigenvalue weighted by atomic mass is 32.1. The first kappa shape index (κ1) is 23.2. The molecule has 2 aromatic heterocycles. The molecule has 0 atom stereocenters. The summed E-state index contributed by atoms with van der Waals surface area (Å²) in [5.41, 5.74) is 1.09. The summed E-state index contributed by atoms with van der Waals surface area (Å²) in [6, 6.07) is 18.1. The zero-order valence-electron chi connectivity index (χ0n) is 18.3. The van der Waals surface area contributed by atoms with Gasteiger partial charge < -0.3 is 9.80 Å². The van der Waals surface area contributed by atoms with Gasteiger partial charge in [-0.15, -0.1) is 22.7 Å². The fourth-order valence-electron chi connectivity index (χ4n) is 3.37. The van der Waals surface area contributed by atoms with Gasteiger partial charge in [0.1, 0.15) is 0 Å². The first-order valence-corrected chi connectivity index (χ1v) is 12.4. The van der Waals surface area contributed by atoms with Crippen molar-refractivity contribution in [2.24, 2.45) is 0 Å². The topological polar surface area (TPSA) is 40.6 Å². The number of carbonyl (C=O) groups excluding carboxylic acids is 2. The Labute approximate surface area is 193 Å². The Balaban J connectivity index is 1.73. The van der Waals surface area contributed by atoms with Gasteiger partial charge in [-0.05, 0) is 42.5 Å². The van der Waals surface area contributed by atoms with Gasteiger partial charge in [-0.25, -0.2) is 0 Å². The Morgan fingerprint density at radius 3 is 2.32 bits per heavy atom. The van der Waals surface area contributed by atoms with E-state index in [1.165, 1.54) is 4.88 Å². The van der Waals surface area contributed by atoms with E-state index >= 15 is 0 Å². The number of carbonyl (C=O) groups is 2. The zero-order valence-corrected chi connectivity index (χ0v) is 19.9. The number of nitrogens with zero attached hydrogens (tertiary/aromatic N) is 2. The van der Waals surface area contributed by atoms with Crippen LogP contribution in [0.4, 0.5) is 0 Å². The highest BCUT2D eigenvalue weighted by Crippen LogP contribution is 2.19. The standard InChI is InChI=1S/C25H30N2O2S2/c1-3-4-14-26(24(28)16-22-11-8-15-30-22)19-25(29)27(17-21-9-6-5-7-10-21)18-23-13-12-20(2)31-23/h5-13,15H,3-4,14,16-19H2,1-2H3. The predicted octanol–water partition coefficient (Wildman–Crippen LogP) is 5.52. The van der Waals surface area contributed by atoms with Crippen molar-refractivity contribution in [2.75, 3.05) is 13.1 Å². The third kappa shape index (κ3) is 7.33. The summed E-state index contributed by atoms with van der Waals surface area (Å²) < 4.78 is 0. The number of hydrogen-bond donors (Lipinski definition) is 0. The molecule has 0 aliphatic heterocycles. The summed E-state index contributed by atoms with van der Waals surface area (Å²) in [5, 5.41) is 1.98. The van der Waals surface area contributed by atoms with E-state index in [4.69, 9.17) is 0 Å². The Kier molecular flexibility index (Phi) is 8.85. The van der Waals surface area contributed by atoms with Crippen molar-refractivity contribution in [3.8, 4) is 0 Å². The summed E-state index contributed by atoms with van der Waals surface area (Å²) in [6.07, 6.45) is 2.24. The van der Waals surface area contributed by atoms with E-state index in [1.54, 1.807) is 27.6 Å². The van der Waals surface area contributed by atoms with E-state index < -0.39 is 0 Å². The summed E-state index contributed by atoms with van der Waals surface area (Å²) >= 11 is 3.29. The van der Waals surface area contributed by atoms with Gasteiger partial charge in [0, 0.05) is 27.7 Å². The summed E-state index contributed by atoms with van der Waals surface area (Å²) in [4.78, 5) is 33.4. The molecule has 1 aromatic carbocycles. The second-order valence-corrected chi connectivity index (χ2v) is 10.1. The second kappa shape index (κ2) is 11.8. The predicted molar refractivity (Wildman–Crippen MR) is 129 cm³/mol. The monoisotopic (exact) mass is 454 g/mol. The molecule has 164 valence electrons. The first-order chi connectivity index (χ1) is 15.0. The molecule has 0 aliphatic rings. The molecule has 0 bridgehead atoms. The number of benzene rings is 1. The van der Waals surface area contributed by atoms with Crippen molar-refractivity contribution in [3.05, 3.63) is 80.2 Å². The lowest BCUT2D eigenvalue weighted by molar-refractivity contribution is -0.141. The van der Waals surface area contributed by atoms with Crippen molar-refractivity contribution in [2.45, 2.75) is 46.2 Å². The Hall–Kier alpha value is -2.44. The van der Waals surface area contributed by atoms with Crippen molar-refractivity contribution in [3.63, 3.8) is 0 Å². The lowest BCUT2D eigenvalue weighted by Gasteiger charge is -2.27. The van der Waals surface area contributed by atoms with E-state index in [2.05, 4.69) is 26.0 Å². The smallest absolute Gasteiger partial charge is 0.242 e. The zero-order chi connectivity index (χ0) is 22.1. The minimum absolute atomic E-state index is 0.00876. The molecule has 31 heavy (non-hydrogen) atoms. The van der Waals surface area contributed by atoms with Crippen LogP contribution < -0.4 is 0 Å². The fourth-order valence-corrected chi connectivity index (χ4v) is 4.97. The van der Waals surface area contributed by atoms with Crippen LogP contribution in [0, 0.1) is 6.92 Å². The molecule has 0 radical (unpaired) electrons. The Morgan fingerprint density at radius 1 is 0.871 bits per heavy atom. The van der Waals surface area contributed by atoms with Crippen LogP contribution in [0.15, 0.2) is 60.0 Å². The number of rotatable bonds is 11. The van der Waals surface area contributed by atoms with Crippen LogP contribution in [0.25, 0.3) is 0 Å². The van der Waals surface area contributed by atoms with Crippen molar-refractivity contribution < 1.29 is 9.59 Å². The highest BCUT2D eigenvalue weighted by Gasteiger charge is 2.22. The minimum atomic E-state index is -0.00876. The average molecular weight is 455 g/mol. The molecule has 0 saturated carbocycles. The molecule has 2 amide bonds. The van der Waals surface area contributed by atoms with Gasteiger partial charge in [-0.2, -0.15) is 0 Å². The SMILES string of the molecule is CCCCN(CC(=O)N(Cc1ccccc1)Cc1ccc(C)s1)C(=O)Cc1cccs1. The third-order valence-electron chi connectivity index (χ3n) is 5.08. The van der Waals surface area contributed by atoms with Crippen LogP contribution in [0.3, 0.4) is 0 Å². The largest absolute Gasteiger partial charge is 0.333 e. The molecule has 0 spiro atoms. The van der Waals surface area contributed by atoms with Crippen LogP contribution in [0.5, 0.6) is 0 Å². The normalized spacial score (nSPS) is 10.8. The van der Waals surface area contributed by atoms with E-state index in [0.717, 1.165) is 28.2 Å². The number of hydrogen-bond acceptors (Lipinski definition) is 4. The molecule has 6 heteroatoms.